The molecule has 0 saturated heterocycles. The summed E-state index contributed by atoms with van der Waals surface area (Å²) in [6, 6.07) is 4.88. The highest BCUT2D eigenvalue weighted by Gasteiger charge is 2.39. The Morgan fingerprint density at radius 1 is 1.25 bits per heavy atom. The van der Waals surface area contributed by atoms with Gasteiger partial charge < -0.3 is 5.73 Å². The molecule has 0 atom stereocenters. The van der Waals surface area contributed by atoms with Gasteiger partial charge in [-0.05, 0) is 37.1 Å². The van der Waals surface area contributed by atoms with Gasteiger partial charge in [-0.2, -0.15) is 18.3 Å². The second kappa shape index (κ2) is 4.66. The van der Waals surface area contributed by atoms with E-state index in [4.69, 9.17) is 11.1 Å². The third kappa shape index (κ3) is 2.38. The summed E-state index contributed by atoms with van der Waals surface area (Å²) in [5.74, 6) is -0.660. The number of aromatic nitrogens is 2. The Morgan fingerprint density at radius 3 is 2.40 bits per heavy atom. The van der Waals surface area contributed by atoms with Crippen molar-refractivity contribution in [3.8, 4) is 5.69 Å². The van der Waals surface area contributed by atoms with Crippen LogP contribution >= 0.6 is 0 Å². The lowest BCUT2D eigenvalue weighted by Gasteiger charge is -2.13. The highest BCUT2D eigenvalue weighted by Crippen LogP contribution is 2.33. The van der Waals surface area contributed by atoms with Crippen LogP contribution in [0.2, 0.25) is 0 Å². The van der Waals surface area contributed by atoms with E-state index < -0.39 is 23.3 Å². The minimum absolute atomic E-state index is 0.285. The molecule has 106 valence electrons. The van der Waals surface area contributed by atoms with Gasteiger partial charge in [0.05, 0.1) is 17.4 Å². The summed E-state index contributed by atoms with van der Waals surface area (Å²) in [6.45, 7) is 3.68. The molecular formula is C13H13F3N4. The molecule has 0 aliphatic heterocycles. The number of benzene rings is 1. The van der Waals surface area contributed by atoms with E-state index in [1.807, 2.05) is 13.8 Å². The number of alkyl halides is 3. The molecule has 0 fully saturated rings. The number of rotatable bonds is 2. The molecule has 0 unspecified atom stereocenters. The summed E-state index contributed by atoms with van der Waals surface area (Å²) >= 11 is 0. The van der Waals surface area contributed by atoms with Crippen LogP contribution in [0.15, 0.2) is 24.4 Å². The van der Waals surface area contributed by atoms with Gasteiger partial charge in [-0.15, -0.1) is 0 Å². The lowest BCUT2D eigenvalue weighted by atomic mass is 10.1. The third-order valence-electron chi connectivity index (χ3n) is 3.06. The molecule has 0 aliphatic rings. The molecule has 1 aromatic heterocycles. The van der Waals surface area contributed by atoms with Gasteiger partial charge in [-0.25, -0.2) is 4.68 Å². The molecule has 3 N–H and O–H groups in total. The molecule has 0 saturated carbocycles. The van der Waals surface area contributed by atoms with Crippen molar-refractivity contribution >= 4 is 5.84 Å². The Hall–Kier alpha value is -2.31. The molecule has 20 heavy (non-hydrogen) atoms. The molecule has 0 spiro atoms. The van der Waals surface area contributed by atoms with E-state index in [0.717, 1.165) is 22.0 Å². The summed E-state index contributed by atoms with van der Waals surface area (Å²) in [5.41, 5.74) is 5.85. The first kappa shape index (κ1) is 14.1. The first-order chi connectivity index (χ1) is 9.21. The van der Waals surface area contributed by atoms with E-state index in [1.165, 1.54) is 0 Å². The van der Waals surface area contributed by atoms with Crippen LogP contribution in [0, 0.1) is 19.3 Å². The summed E-state index contributed by atoms with van der Waals surface area (Å²) in [5, 5.41) is 11.0. The minimum atomic E-state index is -4.64. The summed E-state index contributed by atoms with van der Waals surface area (Å²) in [6.07, 6.45) is -3.68. The predicted molar refractivity (Wildman–Crippen MR) is 69.1 cm³/mol. The molecule has 0 aliphatic carbocycles. The number of halogens is 3. The van der Waals surface area contributed by atoms with E-state index >= 15 is 0 Å². The van der Waals surface area contributed by atoms with E-state index in [9.17, 15) is 13.2 Å². The molecule has 1 heterocycles. The van der Waals surface area contributed by atoms with Crippen molar-refractivity contribution in [1.29, 1.82) is 5.41 Å². The fourth-order valence-electron chi connectivity index (χ4n) is 1.87. The smallest absolute Gasteiger partial charge is 0.384 e. The Morgan fingerprint density at radius 2 is 1.90 bits per heavy atom. The predicted octanol–water partition coefficient (Wildman–Crippen LogP) is 2.79. The van der Waals surface area contributed by atoms with Gasteiger partial charge in [0, 0.05) is 0 Å². The van der Waals surface area contributed by atoms with E-state index in [2.05, 4.69) is 5.10 Å². The van der Waals surface area contributed by atoms with Crippen LogP contribution in [0.4, 0.5) is 13.2 Å². The van der Waals surface area contributed by atoms with Crippen LogP contribution in [-0.4, -0.2) is 15.6 Å². The minimum Gasteiger partial charge on any atom is -0.384 e. The lowest BCUT2D eigenvalue weighted by molar-refractivity contribution is -0.142. The highest BCUT2D eigenvalue weighted by molar-refractivity contribution is 5.96. The number of nitrogens with zero attached hydrogens (tertiary/aromatic N) is 2. The van der Waals surface area contributed by atoms with E-state index in [1.54, 1.807) is 18.2 Å². The topological polar surface area (TPSA) is 67.7 Å². The molecule has 0 amide bonds. The van der Waals surface area contributed by atoms with Crippen molar-refractivity contribution in [1.82, 2.24) is 9.78 Å². The van der Waals surface area contributed by atoms with Crippen LogP contribution in [0.1, 0.15) is 22.4 Å². The van der Waals surface area contributed by atoms with Gasteiger partial charge in [0.25, 0.3) is 0 Å². The molecule has 0 radical (unpaired) electrons. The molecule has 2 aromatic rings. The number of nitrogens with two attached hydrogens (primary N) is 1. The number of hydrogen-bond acceptors (Lipinski definition) is 2. The van der Waals surface area contributed by atoms with Crippen LogP contribution in [-0.2, 0) is 6.18 Å². The maximum atomic E-state index is 13.2. The Balaban J connectivity index is 2.68. The molecule has 7 heteroatoms. The molecule has 2 rings (SSSR count). The fraction of sp³-hybridized carbons (Fsp3) is 0.231. The lowest BCUT2D eigenvalue weighted by Crippen LogP contribution is -2.20. The number of hydrogen-bond donors (Lipinski definition) is 2. The Labute approximate surface area is 113 Å². The molecule has 0 bridgehead atoms. The SMILES string of the molecule is Cc1ccc(-n2ncc(C(=N)N)c2C(F)(F)F)cc1C. The van der Waals surface area contributed by atoms with Crippen LogP contribution < -0.4 is 5.73 Å². The van der Waals surface area contributed by atoms with Crippen molar-refractivity contribution < 1.29 is 13.2 Å². The first-order valence-corrected chi connectivity index (χ1v) is 5.79. The zero-order valence-corrected chi connectivity index (χ0v) is 10.9. The van der Waals surface area contributed by atoms with Gasteiger partial charge in [-0.1, -0.05) is 6.07 Å². The zero-order valence-electron chi connectivity index (χ0n) is 10.9. The molecule has 1 aromatic carbocycles. The summed E-state index contributed by atoms with van der Waals surface area (Å²) in [4.78, 5) is 0. The second-order valence-electron chi connectivity index (χ2n) is 4.50. The first-order valence-electron chi connectivity index (χ1n) is 5.79. The summed E-state index contributed by atoms with van der Waals surface area (Å²) in [7, 11) is 0. The van der Waals surface area contributed by atoms with Crippen molar-refractivity contribution in [2.24, 2.45) is 5.73 Å². The maximum absolute atomic E-state index is 13.2. The molecule has 4 nitrogen and oxygen atoms in total. The van der Waals surface area contributed by atoms with Crippen LogP contribution in [0.3, 0.4) is 0 Å². The molecular weight excluding hydrogens is 269 g/mol. The van der Waals surface area contributed by atoms with Crippen molar-refractivity contribution in [2.75, 3.05) is 0 Å². The zero-order chi connectivity index (χ0) is 15.1. The standard InChI is InChI=1S/C13H13F3N4/c1-7-3-4-9(5-8(7)2)20-11(13(14,15)16)10(6-19-20)12(17)18/h3-6H,1-2H3,(H3,17,18). The van der Waals surface area contributed by atoms with Crippen LogP contribution in [0.5, 0.6) is 0 Å². The monoisotopic (exact) mass is 282 g/mol. The van der Waals surface area contributed by atoms with Crippen molar-refractivity contribution in [3.05, 3.63) is 46.8 Å². The number of nitrogens with one attached hydrogen (secondary N) is 1. The highest BCUT2D eigenvalue weighted by atomic mass is 19.4. The fourth-order valence-corrected chi connectivity index (χ4v) is 1.87. The normalized spacial score (nSPS) is 11.7. The van der Waals surface area contributed by atoms with Gasteiger partial charge in [0.15, 0.2) is 5.69 Å². The van der Waals surface area contributed by atoms with Gasteiger partial charge >= 0.3 is 6.18 Å². The van der Waals surface area contributed by atoms with E-state index in [-0.39, 0.29) is 5.69 Å². The number of amidine groups is 1. The average Bonchev–Trinajstić information content (AvgIpc) is 2.77. The van der Waals surface area contributed by atoms with Crippen molar-refractivity contribution in [2.45, 2.75) is 20.0 Å². The van der Waals surface area contributed by atoms with Gasteiger partial charge in [0.1, 0.15) is 5.84 Å². The van der Waals surface area contributed by atoms with Gasteiger partial charge in [0.2, 0.25) is 0 Å². The second-order valence-corrected chi connectivity index (χ2v) is 4.50. The number of aryl methyl sites for hydroxylation is 2. The Bertz CT molecular complexity index is 671. The average molecular weight is 282 g/mol. The third-order valence-corrected chi connectivity index (χ3v) is 3.06. The van der Waals surface area contributed by atoms with E-state index in [0.29, 0.717) is 0 Å². The largest absolute Gasteiger partial charge is 0.434 e. The van der Waals surface area contributed by atoms with Crippen molar-refractivity contribution in [3.63, 3.8) is 0 Å². The quantitative estimate of drug-likeness (QED) is 0.657. The number of nitrogen functional groups attached to an aromatic ring is 1. The Kier molecular flexibility index (Phi) is 3.29. The van der Waals surface area contributed by atoms with Crippen LogP contribution in [0.25, 0.3) is 5.69 Å². The van der Waals surface area contributed by atoms with Gasteiger partial charge in [-0.3, -0.25) is 5.41 Å². The summed E-state index contributed by atoms with van der Waals surface area (Å²) < 4.78 is 40.2. The maximum Gasteiger partial charge on any atom is 0.434 e.